The number of aromatic nitrogens is 4. The maximum absolute atomic E-state index is 13.7. The summed E-state index contributed by atoms with van der Waals surface area (Å²) in [4.78, 5) is 18.2. The summed E-state index contributed by atoms with van der Waals surface area (Å²) >= 11 is 0. The average Bonchev–Trinajstić information content (AvgIpc) is 3.47. The van der Waals surface area contributed by atoms with Gasteiger partial charge >= 0.3 is 0 Å². The van der Waals surface area contributed by atoms with Gasteiger partial charge in [-0.2, -0.15) is 5.26 Å². The van der Waals surface area contributed by atoms with Crippen molar-refractivity contribution in [1.82, 2.24) is 18.9 Å². The quantitative estimate of drug-likeness (QED) is 0.223. The molecule has 4 aromatic heterocycles. The summed E-state index contributed by atoms with van der Waals surface area (Å²) in [5, 5.41) is 10.3. The van der Waals surface area contributed by atoms with Gasteiger partial charge in [-0.15, -0.1) is 0 Å². The fraction of sp³-hybridized carbons (Fsp3) is 0.273. The van der Waals surface area contributed by atoms with Gasteiger partial charge in [-0.1, -0.05) is 17.7 Å². The summed E-state index contributed by atoms with van der Waals surface area (Å²) in [5.41, 5.74) is 3.25. The molecule has 3 aliphatic rings. The number of benzene rings is 1. The zero-order valence-corrected chi connectivity index (χ0v) is 26.0. The summed E-state index contributed by atoms with van der Waals surface area (Å²) in [6.45, 7) is 2.37. The van der Waals surface area contributed by atoms with Crippen molar-refractivity contribution in [3.05, 3.63) is 84.4 Å². The number of anilines is 2. The number of methoxy groups -OCH3 is 1. The predicted octanol–water partition coefficient (Wildman–Crippen LogP) is 4.73. The molecule has 0 saturated carbocycles. The van der Waals surface area contributed by atoms with Crippen LogP contribution < -0.4 is 19.3 Å². The Kier molecular flexibility index (Phi) is 7.44. The zero-order valence-electron chi connectivity index (χ0n) is 25.2. The lowest BCUT2D eigenvalue weighted by Gasteiger charge is -2.57. The molecule has 2 unspecified atom stereocenters. The minimum atomic E-state index is -4.09. The van der Waals surface area contributed by atoms with Gasteiger partial charge in [-0.05, 0) is 43.7 Å². The van der Waals surface area contributed by atoms with Gasteiger partial charge < -0.3 is 19.3 Å². The van der Waals surface area contributed by atoms with E-state index in [1.54, 1.807) is 25.4 Å². The van der Waals surface area contributed by atoms with Crippen LogP contribution in [0.3, 0.4) is 0 Å². The first-order valence-corrected chi connectivity index (χ1v) is 16.2. The molecule has 0 spiro atoms. The Hall–Kier alpha value is -5.22. The second kappa shape index (κ2) is 11.6. The molecule has 2 atom stereocenters. The van der Waals surface area contributed by atoms with Crippen LogP contribution in [0.4, 0.5) is 15.9 Å². The third kappa shape index (κ3) is 4.95. The van der Waals surface area contributed by atoms with Crippen molar-refractivity contribution in [1.29, 1.82) is 5.26 Å². The number of pyridine rings is 3. The monoisotopic (exact) mass is 639 g/mol. The van der Waals surface area contributed by atoms with E-state index in [-0.39, 0.29) is 28.5 Å². The minimum absolute atomic E-state index is 0.0622. The van der Waals surface area contributed by atoms with Gasteiger partial charge in [-0.25, -0.2) is 31.7 Å². The van der Waals surface area contributed by atoms with E-state index in [0.717, 1.165) is 40.6 Å². The van der Waals surface area contributed by atoms with Crippen LogP contribution in [0.2, 0.25) is 0 Å². The maximum Gasteiger partial charge on any atom is 0.269 e. The molecule has 46 heavy (non-hydrogen) atoms. The molecule has 234 valence electrons. The molecule has 11 nitrogen and oxygen atoms in total. The first kappa shape index (κ1) is 29.5. The van der Waals surface area contributed by atoms with E-state index in [1.165, 1.54) is 24.5 Å². The highest BCUT2D eigenvalue weighted by molar-refractivity contribution is 7.90. The first-order valence-electron chi connectivity index (χ1n) is 14.8. The number of piperidine rings is 1. The molecule has 3 aliphatic heterocycles. The molecular formula is C33H30FN7O4S. The minimum Gasteiger partial charge on any atom is -0.488 e. The summed E-state index contributed by atoms with van der Waals surface area (Å²) in [6, 6.07) is 16.9. The number of hydrogen-bond acceptors (Lipinski definition) is 10. The molecule has 3 fully saturated rings. The van der Waals surface area contributed by atoms with Gasteiger partial charge in [0.15, 0.2) is 5.65 Å². The number of rotatable bonds is 9. The molecule has 0 aliphatic carbocycles. The number of fused-ring (bicyclic) bond motifs is 3. The van der Waals surface area contributed by atoms with Crippen molar-refractivity contribution in [3.8, 4) is 28.8 Å². The van der Waals surface area contributed by atoms with Crippen LogP contribution in [0.25, 0.3) is 22.2 Å². The molecule has 7 heterocycles. The molecule has 0 amide bonds. The summed E-state index contributed by atoms with van der Waals surface area (Å²) in [5.74, 6) is 1.48. The van der Waals surface area contributed by atoms with Gasteiger partial charge in [0.25, 0.3) is 10.0 Å². The topological polar surface area (TPSA) is 126 Å². The van der Waals surface area contributed by atoms with Crippen LogP contribution >= 0.6 is 0 Å². The summed E-state index contributed by atoms with van der Waals surface area (Å²) < 4.78 is 52.6. The fourth-order valence-corrected chi connectivity index (χ4v) is 7.68. The average molecular weight is 640 g/mol. The zero-order chi connectivity index (χ0) is 32.0. The van der Waals surface area contributed by atoms with Crippen molar-refractivity contribution in [2.75, 3.05) is 43.3 Å². The summed E-state index contributed by atoms with van der Waals surface area (Å²) in [7, 11) is -2.50. The number of hydrogen-bond donors (Lipinski definition) is 0. The number of piperazine rings is 1. The van der Waals surface area contributed by atoms with Crippen molar-refractivity contribution in [2.45, 2.75) is 30.3 Å². The molecule has 13 heteroatoms. The smallest absolute Gasteiger partial charge is 0.269 e. The fourth-order valence-electron chi connectivity index (χ4n) is 6.37. The first-order chi connectivity index (χ1) is 22.3. The molecule has 0 radical (unpaired) electrons. The van der Waals surface area contributed by atoms with Gasteiger partial charge in [0.2, 0.25) is 5.88 Å². The van der Waals surface area contributed by atoms with Gasteiger partial charge in [0, 0.05) is 54.8 Å². The van der Waals surface area contributed by atoms with E-state index in [9.17, 15) is 18.1 Å². The number of aryl methyl sites for hydroxylation is 1. The number of nitriles is 1. The lowest BCUT2D eigenvalue weighted by Crippen LogP contribution is -2.69. The molecule has 0 N–H and O–H groups in total. The Balaban J connectivity index is 1.23. The lowest BCUT2D eigenvalue weighted by molar-refractivity contribution is 0.276. The number of halogens is 1. The SMILES string of the molecule is COc1ccc(N2C3CC2CN(c2ccc(-c4c(C#N)cnc5c4c(OCCF)cn5S(=O)(=O)c4ccc(C)cc4)cn2)C3)cn1. The van der Waals surface area contributed by atoms with E-state index in [1.807, 2.05) is 37.4 Å². The standard InChI is InChI=1S/C33H30FN7O4S/c1-21-3-7-27(8-4-21)46(42,43)40-20-28(45-12-11-34)32-31(23(14-35)16-38-33(32)40)22-5-9-29(36-15-22)39-18-25-13-26(19-39)41(25)24-6-10-30(44-2)37-17-24/h3-10,15-17,20,25-26H,11-13,18-19H2,1-2H3. The van der Waals surface area contributed by atoms with Crippen molar-refractivity contribution < 1.29 is 22.3 Å². The Morgan fingerprint density at radius 2 is 1.78 bits per heavy atom. The Labute approximate surface area is 265 Å². The van der Waals surface area contributed by atoms with Gasteiger partial charge in [0.05, 0.1) is 41.0 Å². The third-order valence-electron chi connectivity index (χ3n) is 8.56. The number of alkyl halides is 1. The van der Waals surface area contributed by atoms with Crippen LogP contribution in [0.5, 0.6) is 11.6 Å². The van der Waals surface area contributed by atoms with E-state index >= 15 is 0 Å². The van der Waals surface area contributed by atoms with E-state index in [2.05, 4.69) is 25.8 Å². The van der Waals surface area contributed by atoms with Crippen molar-refractivity contribution >= 4 is 32.6 Å². The predicted molar refractivity (Wildman–Crippen MR) is 171 cm³/mol. The van der Waals surface area contributed by atoms with Crippen molar-refractivity contribution in [3.63, 3.8) is 0 Å². The molecule has 5 aromatic rings. The Morgan fingerprint density at radius 3 is 2.41 bits per heavy atom. The Bertz CT molecular complexity index is 2050. The van der Waals surface area contributed by atoms with E-state index in [4.69, 9.17) is 14.5 Å². The molecular weight excluding hydrogens is 609 g/mol. The molecule has 2 bridgehead atoms. The van der Waals surface area contributed by atoms with Crippen LogP contribution in [0.1, 0.15) is 17.5 Å². The highest BCUT2D eigenvalue weighted by Crippen LogP contribution is 2.41. The third-order valence-corrected chi connectivity index (χ3v) is 10.2. The largest absolute Gasteiger partial charge is 0.488 e. The molecule has 3 saturated heterocycles. The number of ether oxygens (including phenoxy) is 2. The summed E-state index contributed by atoms with van der Waals surface area (Å²) in [6.07, 6.45) is 7.23. The molecule has 8 rings (SSSR count). The highest BCUT2D eigenvalue weighted by Gasteiger charge is 2.45. The molecule has 1 aromatic carbocycles. The van der Waals surface area contributed by atoms with Crippen LogP contribution in [-0.2, 0) is 10.0 Å². The van der Waals surface area contributed by atoms with Gasteiger partial charge in [-0.3, -0.25) is 0 Å². The van der Waals surface area contributed by atoms with Crippen LogP contribution in [-0.4, -0.2) is 72.9 Å². The van der Waals surface area contributed by atoms with Crippen LogP contribution in [0.15, 0.2) is 78.2 Å². The highest BCUT2D eigenvalue weighted by atomic mass is 32.2. The van der Waals surface area contributed by atoms with Gasteiger partial charge in [0.1, 0.15) is 30.9 Å². The van der Waals surface area contributed by atoms with E-state index < -0.39 is 16.7 Å². The second-order valence-corrected chi connectivity index (χ2v) is 13.1. The van der Waals surface area contributed by atoms with Crippen molar-refractivity contribution in [2.24, 2.45) is 0 Å². The van der Waals surface area contributed by atoms with Crippen LogP contribution in [0, 0.1) is 18.3 Å². The number of nitrogens with zero attached hydrogens (tertiary/aromatic N) is 7. The lowest BCUT2D eigenvalue weighted by atomic mass is 9.86. The Morgan fingerprint density at radius 1 is 1.00 bits per heavy atom. The van der Waals surface area contributed by atoms with E-state index in [0.29, 0.717) is 34.5 Å². The second-order valence-electron chi connectivity index (χ2n) is 11.3. The maximum atomic E-state index is 13.7. The normalized spacial score (nSPS) is 17.4.